The zero-order valence-electron chi connectivity index (χ0n) is 10.8. The fraction of sp³-hybridized carbons (Fsp3) is 0.643. The van der Waals surface area contributed by atoms with Gasteiger partial charge in [-0.05, 0) is 30.4 Å². The number of hydrogen-bond acceptors (Lipinski definition) is 3. The molecule has 1 aromatic rings. The van der Waals surface area contributed by atoms with E-state index < -0.39 is 0 Å². The van der Waals surface area contributed by atoms with Gasteiger partial charge in [-0.2, -0.15) is 0 Å². The molecule has 0 bridgehead atoms. The summed E-state index contributed by atoms with van der Waals surface area (Å²) < 4.78 is 5.13. The van der Waals surface area contributed by atoms with Gasteiger partial charge >= 0.3 is 0 Å². The summed E-state index contributed by atoms with van der Waals surface area (Å²) in [5.74, 6) is 1.49. The molecule has 0 aliphatic heterocycles. The smallest absolute Gasteiger partial charge is 0.213 e. The van der Waals surface area contributed by atoms with Crippen LogP contribution in [0.25, 0.3) is 0 Å². The van der Waals surface area contributed by atoms with Crippen molar-refractivity contribution in [3.63, 3.8) is 0 Å². The molecule has 1 aliphatic carbocycles. The van der Waals surface area contributed by atoms with E-state index in [-0.39, 0.29) is 0 Å². The Labute approximate surface area is 104 Å². The zero-order chi connectivity index (χ0) is 12.1. The third-order valence-electron chi connectivity index (χ3n) is 3.69. The predicted molar refractivity (Wildman–Crippen MR) is 69.0 cm³/mol. The van der Waals surface area contributed by atoms with E-state index in [1.54, 1.807) is 13.3 Å². The largest absolute Gasteiger partial charge is 0.481 e. The second kappa shape index (κ2) is 6.01. The molecule has 0 aromatic carbocycles. The van der Waals surface area contributed by atoms with Crippen molar-refractivity contribution >= 4 is 0 Å². The van der Waals surface area contributed by atoms with E-state index in [1.165, 1.54) is 31.2 Å². The van der Waals surface area contributed by atoms with Crippen LogP contribution < -0.4 is 10.1 Å². The molecule has 0 saturated heterocycles. The topological polar surface area (TPSA) is 34.1 Å². The molecular weight excluding hydrogens is 212 g/mol. The first-order valence-corrected chi connectivity index (χ1v) is 6.52. The van der Waals surface area contributed by atoms with Crippen LogP contribution in [0.2, 0.25) is 0 Å². The summed E-state index contributed by atoms with van der Waals surface area (Å²) in [6, 6.07) is 4.71. The summed E-state index contributed by atoms with van der Waals surface area (Å²) >= 11 is 0. The van der Waals surface area contributed by atoms with Crippen molar-refractivity contribution in [3.8, 4) is 5.88 Å². The Morgan fingerprint density at radius 1 is 1.41 bits per heavy atom. The lowest BCUT2D eigenvalue weighted by Crippen LogP contribution is -2.36. The van der Waals surface area contributed by atoms with Gasteiger partial charge in [-0.1, -0.05) is 19.8 Å². The van der Waals surface area contributed by atoms with E-state index in [0.717, 1.165) is 12.5 Å². The first-order valence-electron chi connectivity index (χ1n) is 6.52. The first-order chi connectivity index (χ1) is 8.29. The van der Waals surface area contributed by atoms with Crippen molar-refractivity contribution in [3.05, 3.63) is 23.9 Å². The lowest BCUT2D eigenvalue weighted by atomic mass is 9.86. The first kappa shape index (κ1) is 12.4. The van der Waals surface area contributed by atoms with Crippen molar-refractivity contribution in [1.82, 2.24) is 10.3 Å². The lowest BCUT2D eigenvalue weighted by molar-refractivity contribution is 0.279. The predicted octanol–water partition coefficient (Wildman–Crippen LogP) is 2.76. The highest BCUT2D eigenvalue weighted by atomic mass is 16.5. The van der Waals surface area contributed by atoms with Crippen molar-refractivity contribution < 1.29 is 4.74 Å². The minimum Gasteiger partial charge on any atom is -0.481 e. The summed E-state index contributed by atoms with van der Waals surface area (Å²) in [4.78, 5) is 4.12. The van der Waals surface area contributed by atoms with Crippen LogP contribution in [0.1, 0.15) is 38.2 Å². The molecule has 94 valence electrons. The highest BCUT2D eigenvalue weighted by Crippen LogP contribution is 2.24. The van der Waals surface area contributed by atoms with Gasteiger partial charge in [-0.15, -0.1) is 0 Å². The quantitative estimate of drug-likeness (QED) is 0.870. The van der Waals surface area contributed by atoms with Crippen LogP contribution >= 0.6 is 0 Å². The van der Waals surface area contributed by atoms with Gasteiger partial charge in [0, 0.05) is 24.8 Å². The molecule has 1 saturated carbocycles. The molecule has 2 atom stereocenters. The Kier molecular flexibility index (Phi) is 4.37. The van der Waals surface area contributed by atoms with Crippen LogP contribution in [0.3, 0.4) is 0 Å². The molecule has 0 radical (unpaired) electrons. The molecule has 2 unspecified atom stereocenters. The Hall–Kier alpha value is -1.09. The minimum absolute atomic E-state index is 0.669. The summed E-state index contributed by atoms with van der Waals surface area (Å²) in [5, 5.41) is 3.66. The second-order valence-electron chi connectivity index (χ2n) is 4.96. The molecule has 1 fully saturated rings. The van der Waals surface area contributed by atoms with E-state index in [0.29, 0.717) is 11.9 Å². The highest BCUT2D eigenvalue weighted by Gasteiger charge is 2.20. The summed E-state index contributed by atoms with van der Waals surface area (Å²) in [5.41, 5.74) is 1.25. The zero-order valence-corrected chi connectivity index (χ0v) is 10.8. The van der Waals surface area contributed by atoms with Crippen LogP contribution in [0.15, 0.2) is 18.3 Å². The molecular formula is C14H22N2O. The maximum absolute atomic E-state index is 5.13. The molecule has 17 heavy (non-hydrogen) atoms. The molecule has 3 heteroatoms. The minimum atomic E-state index is 0.669. The van der Waals surface area contributed by atoms with E-state index in [9.17, 15) is 0 Å². The molecule has 0 spiro atoms. The van der Waals surface area contributed by atoms with Crippen LogP contribution in [0.5, 0.6) is 5.88 Å². The van der Waals surface area contributed by atoms with E-state index in [2.05, 4.69) is 17.2 Å². The molecule has 0 amide bonds. The van der Waals surface area contributed by atoms with Crippen LogP contribution in [-0.4, -0.2) is 18.1 Å². The van der Waals surface area contributed by atoms with Crippen molar-refractivity contribution in [2.45, 2.75) is 45.2 Å². The molecule has 2 rings (SSSR count). The van der Waals surface area contributed by atoms with Crippen LogP contribution in [-0.2, 0) is 6.54 Å². The number of ether oxygens (including phenoxy) is 1. The number of methoxy groups -OCH3 is 1. The van der Waals surface area contributed by atoms with Gasteiger partial charge in [0.15, 0.2) is 0 Å². The number of pyridine rings is 1. The highest BCUT2D eigenvalue weighted by molar-refractivity contribution is 5.20. The Bertz CT molecular complexity index is 354. The molecule has 1 aliphatic rings. The number of nitrogens with zero attached hydrogens (tertiary/aromatic N) is 1. The third-order valence-corrected chi connectivity index (χ3v) is 3.69. The van der Waals surface area contributed by atoms with Gasteiger partial charge in [0.2, 0.25) is 5.88 Å². The number of nitrogens with one attached hydrogen (secondary N) is 1. The fourth-order valence-electron chi connectivity index (χ4n) is 2.54. The number of rotatable bonds is 4. The summed E-state index contributed by atoms with van der Waals surface area (Å²) in [7, 11) is 1.66. The van der Waals surface area contributed by atoms with Crippen molar-refractivity contribution in [2.75, 3.05) is 7.11 Å². The Morgan fingerprint density at radius 2 is 2.24 bits per heavy atom. The van der Waals surface area contributed by atoms with Gasteiger partial charge < -0.3 is 10.1 Å². The van der Waals surface area contributed by atoms with E-state index >= 15 is 0 Å². The van der Waals surface area contributed by atoms with Gasteiger partial charge in [-0.25, -0.2) is 4.98 Å². The Balaban J connectivity index is 1.88. The molecule has 1 aromatic heterocycles. The van der Waals surface area contributed by atoms with Crippen molar-refractivity contribution in [2.24, 2.45) is 5.92 Å². The molecule has 1 heterocycles. The van der Waals surface area contributed by atoms with Gasteiger partial charge in [0.1, 0.15) is 0 Å². The maximum atomic E-state index is 5.13. The third kappa shape index (κ3) is 3.43. The molecule has 1 N–H and O–H groups in total. The maximum Gasteiger partial charge on any atom is 0.213 e. The number of hydrogen-bond donors (Lipinski definition) is 1. The summed E-state index contributed by atoms with van der Waals surface area (Å²) in [6.45, 7) is 3.26. The monoisotopic (exact) mass is 234 g/mol. The number of aromatic nitrogens is 1. The fourth-order valence-corrected chi connectivity index (χ4v) is 2.54. The summed E-state index contributed by atoms with van der Waals surface area (Å²) in [6.07, 6.45) is 7.23. The standard InChI is InChI=1S/C14H22N2O/c1-11-5-3-4-6-13(11)16-10-12-7-8-15-14(9-12)17-2/h7-9,11,13,16H,3-6,10H2,1-2H3. The van der Waals surface area contributed by atoms with E-state index in [1.807, 2.05) is 12.1 Å². The van der Waals surface area contributed by atoms with Gasteiger partial charge in [-0.3, -0.25) is 0 Å². The van der Waals surface area contributed by atoms with Crippen LogP contribution in [0.4, 0.5) is 0 Å². The molecule has 3 nitrogen and oxygen atoms in total. The Morgan fingerprint density at radius 3 is 3.00 bits per heavy atom. The average Bonchev–Trinajstić information content (AvgIpc) is 2.38. The van der Waals surface area contributed by atoms with Gasteiger partial charge in [0.25, 0.3) is 0 Å². The second-order valence-corrected chi connectivity index (χ2v) is 4.96. The van der Waals surface area contributed by atoms with E-state index in [4.69, 9.17) is 4.74 Å². The van der Waals surface area contributed by atoms with Crippen molar-refractivity contribution in [1.29, 1.82) is 0 Å². The lowest BCUT2D eigenvalue weighted by Gasteiger charge is -2.29. The average molecular weight is 234 g/mol. The normalized spacial score (nSPS) is 24.6. The van der Waals surface area contributed by atoms with Gasteiger partial charge in [0.05, 0.1) is 7.11 Å². The van der Waals surface area contributed by atoms with Crippen LogP contribution in [0, 0.1) is 5.92 Å². The SMILES string of the molecule is COc1cc(CNC2CCCCC2C)ccn1.